The summed E-state index contributed by atoms with van der Waals surface area (Å²) in [6.45, 7) is 0. The number of thiazole rings is 1. The first-order valence-corrected chi connectivity index (χ1v) is 9.01. The lowest BCUT2D eigenvalue weighted by Gasteiger charge is -2.14. The minimum Gasteiger partial charge on any atom is -0.465 e. The van der Waals surface area contributed by atoms with E-state index in [9.17, 15) is 14.9 Å². The van der Waals surface area contributed by atoms with Gasteiger partial charge in [0.2, 0.25) is 0 Å². The van der Waals surface area contributed by atoms with Gasteiger partial charge in [0, 0.05) is 17.5 Å². The molecular weight excluding hydrogens is 362 g/mol. The van der Waals surface area contributed by atoms with E-state index in [2.05, 4.69) is 10.3 Å². The molecule has 0 spiro atoms. The van der Waals surface area contributed by atoms with Crippen LogP contribution in [0, 0.1) is 10.1 Å². The van der Waals surface area contributed by atoms with Gasteiger partial charge < -0.3 is 10.4 Å². The fraction of sp³-hybridized carbons (Fsp3) is 0.125. The summed E-state index contributed by atoms with van der Waals surface area (Å²) >= 11 is 3.03. The van der Waals surface area contributed by atoms with Crippen LogP contribution in [-0.4, -0.2) is 21.1 Å². The second kappa shape index (κ2) is 7.41. The molecule has 0 saturated heterocycles. The van der Waals surface area contributed by atoms with Crippen LogP contribution < -0.4 is 5.32 Å². The van der Waals surface area contributed by atoms with Crippen LogP contribution in [0.1, 0.15) is 17.3 Å². The van der Waals surface area contributed by atoms with Crippen LogP contribution in [0.3, 0.4) is 0 Å². The second-order valence-electron chi connectivity index (χ2n) is 5.18. The lowest BCUT2D eigenvalue weighted by molar-refractivity contribution is -0.384. The number of benzene rings is 1. The third kappa shape index (κ3) is 4.20. The molecule has 0 radical (unpaired) electrons. The van der Waals surface area contributed by atoms with E-state index in [0.717, 1.165) is 15.4 Å². The number of hydrogen-bond acceptors (Lipinski definition) is 6. The first kappa shape index (κ1) is 17.1. The van der Waals surface area contributed by atoms with Crippen LogP contribution in [0.2, 0.25) is 0 Å². The number of nitrogens with zero attached hydrogens (tertiary/aromatic N) is 2. The summed E-state index contributed by atoms with van der Waals surface area (Å²) in [6.07, 6.45) is -0.782. The van der Waals surface area contributed by atoms with Gasteiger partial charge in [0.15, 0.2) is 0 Å². The standard InChI is InChI=1S/C16H13N3O4S2/c20-16(21)18-12(8-10-3-5-11(6-4-10)19(22)23)13-9-25-15(17-13)14-2-1-7-24-14/h1-7,9,12,18H,8H2,(H,20,21). The highest BCUT2D eigenvalue weighted by molar-refractivity contribution is 7.20. The number of hydrogen-bond donors (Lipinski definition) is 2. The molecule has 3 rings (SSSR count). The molecule has 0 aliphatic carbocycles. The lowest BCUT2D eigenvalue weighted by atomic mass is 10.0. The molecule has 0 saturated carbocycles. The van der Waals surface area contributed by atoms with Crippen molar-refractivity contribution >= 4 is 34.5 Å². The van der Waals surface area contributed by atoms with E-state index in [-0.39, 0.29) is 5.69 Å². The monoisotopic (exact) mass is 375 g/mol. The summed E-state index contributed by atoms with van der Waals surface area (Å²) in [6, 6.07) is 9.44. The van der Waals surface area contributed by atoms with E-state index in [1.807, 2.05) is 22.9 Å². The normalized spacial score (nSPS) is 11.8. The van der Waals surface area contributed by atoms with Crippen molar-refractivity contribution in [2.24, 2.45) is 0 Å². The molecule has 0 bridgehead atoms. The van der Waals surface area contributed by atoms with Gasteiger partial charge in [-0.25, -0.2) is 9.78 Å². The Kier molecular flexibility index (Phi) is 5.05. The number of carboxylic acid groups (broad SMARTS) is 1. The Labute approximate surface area is 150 Å². The Bertz CT molecular complexity index is 875. The van der Waals surface area contributed by atoms with Gasteiger partial charge in [-0.1, -0.05) is 18.2 Å². The number of aromatic nitrogens is 1. The highest BCUT2D eigenvalue weighted by Crippen LogP contribution is 2.30. The van der Waals surface area contributed by atoms with Crippen molar-refractivity contribution in [2.75, 3.05) is 0 Å². The van der Waals surface area contributed by atoms with Gasteiger partial charge in [-0.15, -0.1) is 22.7 Å². The van der Waals surface area contributed by atoms with Gasteiger partial charge in [0.25, 0.3) is 5.69 Å². The first-order chi connectivity index (χ1) is 12.0. The molecule has 0 aliphatic heterocycles. The number of carbonyl (C=O) groups is 1. The van der Waals surface area contributed by atoms with Crippen LogP contribution in [0.15, 0.2) is 47.2 Å². The predicted molar refractivity (Wildman–Crippen MR) is 96.1 cm³/mol. The number of nitro benzene ring substituents is 1. The Morgan fingerprint density at radius 2 is 2.04 bits per heavy atom. The van der Waals surface area contributed by atoms with Crippen molar-refractivity contribution < 1.29 is 14.8 Å². The minimum atomic E-state index is -1.14. The summed E-state index contributed by atoms with van der Waals surface area (Å²) in [4.78, 5) is 27.0. The highest BCUT2D eigenvalue weighted by atomic mass is 32.1. The molecule has 0 aliphatic rings. The molecule has 3 aromatic rings. The van der Waals surface area contributed by atoms with Gasteiger partial charge in [-0.3, -0.25) is 10.1 Å². The summed E-state index contributed by atoms with van der Waals surface area (Å²) in [5.41, 5.74) is 1.42. The average molecular weight is 375 g/mol. The van der Waals surface area contributed by atoms with Crippen molar-refractivity contribution in [1.29, 1.82) is 0 Å². The number of amides is 1. The van der Waals surface area contributed by atoms with Crippen molar-refractivity contribution in [1.82, 2.24) is 10.3 Å². The summed E-state index contributed by atoms with van der Waals surface area (Å²) < 4.78 is 0. The van der Waals surface area contributed by atoms with Crippen molar-refractivity contribution in [3.05, 3.63) is 68.5 Å². The zero-order valence-electron chi connectivity index (χ0n) is 12.8. The highest BCUT2D eigenvalue weighted by Gasteiger charge is 2.19. The molecule has 2 N–H and O–H groups in total. The molecule has 0 fully saturated rings. The molecular formula is C16H13N3O4S2. The number of non-ortho nitro benzene ring substituents is 1. The number of nitro groups is 1. The maximum Gasteiger partial charge on any atom is 0.405 e. The molecule has 128 valence electrons. The fourth-order valence-electron chi connectivity index (χ4n) is 2.33. The third-order valence-electron chi connectivity index (χ3n) is 3.50. The average Bonchev–Trinajstić information content (AvgIpc) is 3.25. The number of thiophene rings is 1. The Morgan fingerprint density at radius 1 is 1.28 bits per heavy atom. The fourth-order valence-corrected chi connectivity index (χ4v) is 4.02. The molecule has 2 heterocycles. The van der Waals surface area contributed by atoms with E-state index in [4.69, 9.17) is 5.11 Å². The minimum absolute atomic E-state index is 0.000124. The molecule has 1 amide bonds. The van der Waals surface area contributed by atoms with E-state index < -0.39 is 17.1 Å². The largest absolute Gasteiger partial charge is 0.465 e. The smallest absolute Gasteiger partial charge is 0.405 e. The van der Waals surface area contributed by atoms with Crippen molar-refractivity contribution in [2.45, 2.75) is 12.5 Å². The molecule has 2 aromatic heterocycles. The molecule has 25 heavy (non-hydrogen) atoms. The van der Waals surface area contributed by atoms with E-state index >= 15 is 0 Å². The number of nitrogens with one attached hydrogen (secondary N) is 1. The zero-order valence-corrected chi connectivity index (χ0v) is 14.4. The number of rotatable bonds is 6. The van der Waals surface area contributed by atoms with Crippen LogP contribution in [-0.2, 0) is 6.42 Å². The van der Waals surface area contributed by atoms with Gasteiger partial charge in [0.1, 0.15) is 5.01 Å². The van der Waals surface area contributed by atoms with Gasteiger partial charge >= 0.3 is 6.09 Å². The van der Waals surface area contributed by atoms with Crippen molar-refractivity contribution in [3.63, 3.8) is 0 Å². The van der Waals surface area contributed by atoms with Crippen molar-refractivity contribution in [3.8, 4) is 9.88 Å². The van der Waals surface area contributed by atoms with E-state index in [1.54, 1.807) is 23.5 Å². The maximum atomic E-state index is 11.1. The quantitative estimate of drug-likeness (QED) is 0.493. The summed E-state index contributed by atoms with van der Waals surface area (Å²) in [5.74, 6) is 0. The maximum absolute atomic E-state index is 11.1. The second-order valence-corrected chi connectivity index (χ2v) is 6.99. The van der Waals surface area contributed by atoms with E-state index in [1.165, 1.54) is 23.5 Å². The third-order valence-corrected chi connectivity index (χ3v) is 5.40. The topological polar surface area (TPSA) is 105 Å². The Balaban J connectivity index is 1.82. The SMILES string of the molecule is O=C(O)NC(Cc1ccc([N+](=O)[O-])cc1)c1csc(-c2cccs2)n1. The molecule has 1 atom stereocenters. The van der Waals surface area contributed by atoms with Crippen LogP contribution >= 0.6 is 22.7 Å². The lowest BCUT2D eigenvalue weighted by Crippen LogP contribution is -2.28. The Morgan fingerprint density at radius 3 is 2.64 bits per heavy atom. The summed E-state index contributed by atoms with van der Waals surface area (Å²) in [5, 5.41) is 26.9. The Hall–Kier alpha value is -2.78. The van der Waals surface area contributed by atoms with E-state index in [0.29, 0.717) is 12.1 Å². The van der Waals surface area contributed by atoms with Crippen LogP contribution in [0.25, 0.3) is 9.88 Å². The molecule has 1 aromatic carbocycles. The van der Waals surface area contributed by atoms with Gasteiger partial charge in [-0.2, -0.15) is 0 Å². The molecule has 9 heteroatoms. The van der Waals surface area contributed by atoms with Gasteiger partial charge in [-0.05, 0) is 23.4 Å². The zero-order chi connectivity index (χ0) is 17.8. The summed E-state index contributed by atoms with van der Waals surface area (Å²) in [7, 11) is 0. The first-order valence-electron chi connectivity index (χ1n) is 7.25. The van der Waals surface area contributed by atoms with Crippen LogP contribution in [0.4, 0.5) is 10.5 Å². The van der Waals surface area contributed by atoms with Crippen LogP contribution in [0.5, 0.6) is 0 Å². The van der Waals surface area contributed by atoms with Gasteiger partial charge in [0.05, 0.1) is 21.5 Å². The molecule has 1 unspecified atom stereocenters. The predicted octanol–water partition coefficient (Wildman–Crippen LogP) is 4.33. The molecule has 7 nitrogen and oxygen atoms in total.